The third-order valence-electron chi connectivity index (χ3n) is 4.81. The molecule has 0 saturated heterocycles. The summed E-state index contributed by atoms with van der Waals surface area (Å²) >= 11 is 6.20. The van der Waals surface area contributed by atoms with E-state index >= 15 is 4.39 Å². The number of aromatic amines is 1. The summed E-state index contributed by atoms with van der Waals surface area (Å²) in [5.41, 5.74) is -2.05. The average molecular weight is 482 g/mol. The van der Waals surface area contributed by atoms with Gasteiger partial charge in [-0.2, -0.15) is 18.2 Å². The highest BCUT2D eigenvalue weighted by Gasteiger charge is 2.30. The number of alkyl halides is 3. The summed E-state index contributed by atoms with van der Waals surface area (Å²) in [6.07, 6.45) is -4.51. The van der Waals surface area contributed by atoms with Gasteiger partial charge < -0.3 is 10.3 Å². The smallest absolute Gasteiger partial charge is 0.351 e. The minimum absolute atomic E-state index is 0.00128. The number of carbonyl (C=O) groups is 1. The van der Waals surface area contributed by atoms with Crippen LogP contribution in [-0.2, 0) is 17.5 Å². The maximum Gasteiger partial charge on any atom is 0.416 e. The lowest BCUT2D eigenvalue weighted by Crippen LogP contribution is -2.34. The van der Waals surface area contributed by atoms with Gasteiger partial charge in [-0.1, -0.05) is 50.6 Å². The Balaban J connectivity index is 2.01. The fourth-order valence-corrected chi connectivity index (χ4v) is 3.24. The minimum Gasteiger partial charge on any atom is -0.351 e. The van der Waals surface area contributed by atoms with E-state index in [2.05, 4.69) is 15.3 Å². The van der Waals surface area contributed by atoms with Crippen molar-refractivity contribution in [3.05, 3.63) is 74.9 Å². The molecule has 2 aromatic carbocycles. The lowest BCUT2D eigenvalue weighted by molar-refractivity contribution is -0.137. The highest BCUT2D eigenvalue weighted by atomic mass is 35.5. The predicted molar refractivity (Wildman–Crippen MR) is 117 cm³/mol. The third kappa shape index (κ3) is 5.60. The molecule has 3 rings (SSSR count). The minimum atomic E-state index is -4.51. The molecule has 1 amide bonds. The zero-order valence-corrected chi connectivity index (χ0v) is 18.7. The van der Waals surface area contributed by atoms with Crippen LogP contribution in [0.4, 0.5) is 17.6 Å². The van der Waals surface area contributed by atoms with Gasteiger partial charge in [0.05, 0.1) is 27.5 Å². The molecule has 0 atom stereocenters. The zero-order chi connectivity index (χ0) is 24.6. The van der Waals surface area contributed by atoms with Crippen molar-refractivity contribution in [2.24, 2.45) is 5.41 Å². The Morgan fingerprint density at radius 1 is 1.09 bits per heavy atom. The van der Waals surface area contributed by atoms with E-state index in [1.165, 1.54) is 30.3 Å². The molecule has 0 aliphatic carbocycles. The van der Waals surface area contributed by atoms with Crippen molar-refractivity contribution in [2.75, 3.05) is 0 Å². The number of halogens is 5. The molecule has 1 aromatic heterocycles. The van der Waals surface area contributed by atoms with Gasteiger partial charge in [0.1, 0.15) is 5.82 Å². The first-order valence-corrected chi connectivity index (χ1v) is 10.2. The predicted octanol–water partition coefficient (Wildman–Crippen LogP) is 5.58. The molecule has 33 heavy (non-hydrogen) atoms. The second-order valence-electron chi connectivity index (χ2n) is 8.39. The molecule has 3 aromatic rings. The number of rotatable bonds is 4. The van der Waals surface area contributed by atoms with E-state index < -0.39 is 28.7 Å². The normalized spacial score (nSPS) is 12.0. The van der Waals surface area contributed by atoms with Gasteiger partial charge in [0.15, 0.2) is 0 Å². The van der Waals surface area contributed by atoms with Crippen LogP contribution in [-0.4, -0.2) is 15.9 Å². The van der Waals surface area contributed by atoms with E-state index in [0.717, 1.165) is 12.1 Å². The van der Waals surface area contributed by atoms with Crippen molar-refractivity contribution in [1.29, 1.82) is 0 Å². The first kappa shape index (κ1) is 24.4. The molecule has 0 unspecified atom stereocenters. The fraction of sp³-hybridized carbons (Fsp3) is 0.261. The topological polar surface area (TPSA) is 74.8 Å². The van der Waals surface area contributed by atoms with E-state index in [4.69, 9.17) is 11.6 Å². The number of amides is 1. The van der Waals surface area contributed by atoms with Gasteiger partial charge in [-0.15, -0.1) is 0 Å². The van der Waals surface area contributed by atoms with Gasteiger partial charge in [0.2, 0.25) is 5.91 Å². The largest absolute Gasteiger partial charge is 0.416 e. The second-order valence-corrected chi connectivity index (χ2v) is 8.80. The first-order chi connectivity index (χ1) is 15.3. The van der Waals surface area contributed by atoms with Crippen LogP contribution < -0.4 is 11.0 Å². The lowest BCUT2D eigenvalue weighted by atomic mass is 9.95. The quantitative estimate of drug-likeness (QED) is 0.478. The van der Waals surface area contributed by atoms with Crippen molar-refractivity contribution in [3.8, 4) is 22.5 Å². The molecule has 0 aliphatic rings. The van der Waals surface area contributed by atoms with Crippen molar-refractivity contribution in [1.82, 2.24) is 15.3 Å². The molecule has 1 heterocycles. The van der Waals surface area contributed by atoms with Crippen LogP contribution in [0.1, 0.15) is 31.9 Å². The molecule has 0 radical (unpaired) electrons. The number of benzene rings is 2. The van der Waals surface area contributed by atoms with Gasteiger partial charge in [-0.05, 0) is 24.3 Å². The molecule has 2 N–H and O–H groups in total. The van der Waals surface area contributed by atoms with Crippen LogP contribution in [0.5, 0.6) is 0 Å². The van der Waals surface area contributed by atoms with Crippen molar-refractivity contribution >= 4 is 17.5 Å². The van der Waals surface area contributed by atoms with Crippen LogP contribution in [0.2, 0.25) is 5.02 Å². The number of hydrogen-bond donors (Lipinski definition) is 2. The van der Waals surface area contributed by atoms with Gasteiger partial charge in [0.25, 0.3) is 0 Å². The van der Waals surface area contributed by atoms with Crippen LogP contribution in [0.3, 0.4) is 0 Å². The summed E-state index contributed by atoms with van der Waals surface area (Å²) in [5, 5.41) is 2.64. The van der Waals surface area contributed by atoms with Gasteiger partial charge in [-0.3, -0.25) is 4.79 Å². The molecule has 0 aliphatic heterocycles. The Morgan fingerprint density at radius 3 is 2.30 bits per heavy atom. The number of aromatic nitrogens is 2. The molecule has 10 heteroatoms. The highest BCUT2D eigenvalue weighted by Crippen LogP contribution is 2.34. The molecule has 174 valence electrons. The fourth-order valence-electron chi connectivity index (χ4n) is 2.99. The number of hydrogen-bond acceptors (Lipinski definition) is 3. The molecular formula is C23H20ClF4N3O2. The molecule has 5 nitrogen and oxygen atoms in total. The van der Waals surface area contributed by atoms with Gasteiger partial charge in [-0.25, -0.2) is 9.18 Å². The summed E-state index contributed by atoms with van der Waals surface area (Å²) in [4.78, 5) is 30.4. The standard InChI is InChI=1S/C23H20ClF4N3O2/c1-22(2,3)20(32)29-11-13-6-9-15(24)18(19(13)25)17-10-16(30-21(33)31-17)12-4-7-14(8-5-12)23(26,27)28/h4-10H,11H2,1-3H3,(H,29,32)(H,30,31,33). The summed E-state index contributed by atoms with van der Waals surface area (Å²) in [7, 11) is 0. The van der Waals surface area contributed by atoms with Crippen LogP contribution in [0.15, 0.2) is 47.3 Å². The highest BCUT2D eigenvalue weighted by molar-refractivity contribution is 6.33. The van der Waals surface area contributed by atoms with E-state index in [0.29, 0.717) is 0 Å². The second kappa shape index (κ2) is 8.97. The number of nitrogens with one attached hydrogen (secondary N) is 2. The maximum atomic E-state index is 15.3. The first-order valence-electron chi connectivity index (χ1n) is 9.82. The summed E-state index contributed by atoms with van der Waals surface area (Å²) in [6, 6.07) is 8.24. The molecular weight excluding hydrogens is 462 g/mol. The SMILES string of the molecule is CC(C)(C)C(=O)NCc1ccc(Cl)c(-c2cc(-c3ccc(C(F)(F)F)cc3)nc(=O)[nH]2)c1F. The molecule has 0 saturated carbocycles. The van der Waals surface area contributed by atoms with Crippen LogP contribution in [0, 0.1) is 11.2 Å². The Hall–Kier alpha value is -3.20. The average Bonchev–Trinajstić information content (AvgIpc) is 2.71. The molecule has 0 fully saturated rings. The molecule has 0 bridgehead atoms. The van der Waals surface area contributed by atoms with Crippen molar-refractivity contribution < 1.29 is 22.4 Å². The summed E-state index contributed by atoms with van der Waals surface area (Å²) < 4.78 is 53.8. The summed E-state index contributed by atoms with van der Waals surface area (Å²) in [5.74, 6) is -1.03. The summed E-state index contributed by atoms with van der Waals surface area (Å²) in [6.45, 7) is 5.05. The maximum absolute atomic E-state index is 15.3. The van der Waals surface area contributed by atoms with Gasteiger partial charge >= 0.3 is 11.9 Å². The van der Waals surface area contributed by atoms with Crippen LogP contribution in [0.25, 0.3) is 22.5 Å². The number of H-pyrrole nitrogens is 1. The number of nitrogens with zero attached hydrogens (tertiary/aromatic N) is 1. The van der Waals surface area contributed by atoms with Crippen molar-refractivity contribution in [3.63, 3.8) is 0 Å². The van der Waals surface area contributed by atoms with E-state index in [1.807, 2.05) is 0 Å². The van der Waals surface area contributed by atoms with Crippen LogP contribution >= 0.6 is 11.6 Å². The Kier molecular flexibility index (Phi) is 6.65. The monoisotopic (exact) mass is 481 g/mol. The van der Waals surface area contributed by atoms with E-state index in [-0.39, 0.29) is 45.6 Å². The number of carbonyl (C=O) groups excluding carboxylic acids is 1. The Labute approximate surface area is 191 Å². The van der Waals surface area contributed by atoms with E-state index in [1.54, 1.807) is 20.8 Å². The Morgan fingerprint density at radius 2 is 1.73 bits per heavy atom. The van der Waals surface area contributed by atoms with Gasteiger partial charge in [0, 0.05) is 23.1 Å². The lowest BCUT2D eigenvalue weighted by Gasteiger charge is -2.18. The van der Waals surface area contributed by atoms with E-state index in [9.17, 15) is 22.8 Å². The zero-order valence-electron chi connectivity index (χ0n) is 17.9. The Bertz CT molecular complexity index is 1250. The molecule has 0 spiro atoms. The van der Waals surface area contributed by atoms with Crippen molar-refractivity contribution in [2.45, 2.75) is 33.5 Å². The third-order valence-corrected chi connectivity index (χ3v) is 5.13.